The molecule has 0 aliphatic carbocycles. The standard InChI is InChI=1S/C22H22O2S2/c23-22(8-4-2-6-19-13-14-25-26-19)24-18-12-11-17-10-9-16-5-1-3-7-20(16)21(17)15-18/h1,3,5,7,9-12,15,19H,2,4,6,8,13-14H2. The average molecular weight is 383 g/mol. The highest BCUT2D eigenvalue weighted by atomic mass is 33.1. The number of fused-ring (bicyclic) bond motifs is 3. The molecule has 0 amide bonds. The highest BCUT2D eigenvalue weighted by Gasteiger charge is 2.16. The van der Waals surface area contributed by atoms with Gasteiger partial charge in [-0.1, -0.05) is 70.5 Å². The second-order valence-corrected chi connectivity index (χ2v) is 9.51. The van der Waals surface area contributed by atoms with Gasteiger partial charge in [-0.2, -0.15) is 0 Å². The Kier molecular flexibility index (Phi) is 5.71. The molecule has 1 fully saturated rings. The third kappa shape index (κ3) is 4.18. The Morgan fingerprint density at radius 2 is 1.81 bits per heavy atom. The number of carbonyl (C=O) groups is 1. The van der Waals surface area contributed by atoms with Crippen LogP contribution in [0.15, 0.2) is 54.6 Å². The Balaban J connectivity index is 1.38. The van der Waals surface area contributed by atoms with Crippen molar-refractivity contribution in [2.45, 2.75) is 37.4 Å². The van der Waals surface area contributed by atoms with Crippen molar-refractivity contribution < 1.29 is 9.53 Å². The van der Waals surface area contributed by atoms with Crippen molar-refractivity contribution in [2.24, 2.45) is 0 Å². The van der Waals surface area contributed by atoms with Crippen LogP contribution in [-0.2, 0) is 4.79 Å². The molecule has 1 aliphatic rings. The summed E-state index contributed by atoms with van der Waals surface area (Å²) in [4.78, 5) is 12.2. The summed E-state index contributed by atoms with van der Waals surface area (Å²) in [7, 11) is 3.98. The molecule has 0 aromatic heterocycles. The largest absolute Gasteiger partial charge is 0.427 e. The van der Waals surface area contributed by atoms with Crippen LogP contribution in [0, 0.1) is 0 Å². The minimum atomic E-state index is -0.127. The normalized spacial score (nSPS) is 17.0. The zero-order valence-corrected chi connectivity index (χ0v) is 16.3. The fourth-order valence-corrected chi connectivity index (χ4v) is 6.46. The van der Waals surface area contributed by atoms with E-state index in [-0.39, 0.29) is 5.97 Å². The van der Waals surface area contributed by atoms with E-state index in [0.29, 0.717) is 12.2 Å². The van der Waals surface area contributed by atoms with Crippen LogP contribution in [0.5, 0.6) is 5.75 Å². The van der Waals surface area contributed by atoms with E-state index in [1.54, 1.807) is 0 Å². The molecule has 0 N–H and O–H groups in total. The van der Waals surface area contributed by atoms with Gasteiger partial charge in [0.15, 0.2) is 0 Å². The monoisotopic (exact) mass is 382 g/mol. The molecule has 1 unspecified atom stereocenters. The Morgan fingerprint density at radius 1 is 1.00 bits per heavy atom. The van der Waals surface area contributed by atoms with E-state index in [2.05, 4.69) is 24.3 Å². The molecule has 0 spiro atoms. The minimum absolute atomic E-state index is 0.127. The van der Waals surface area contributed by atoms with E-state index in [1.165, 1.54) is 29.4 Å². The average Bonchev–Trinajstić information content (AvgIpc) is 3.19. The van der Waals surface area contributed by atoms with Gasteiger partial charge in [0, 0.05) is 17.4 Å². The van der Waals surface area contributed by atoms with E-state index in [0.717, 1.165) is 28.9 Å². The zero-order valence-electron chi connectivity index (χ0n) is 14.6. The summed E-state index contributed by atoms with van der Waals surface area (Å²) >= 11 is 0. The van der Waals surface area contributed by atoms with Gasteiger partial charge in [0.25, 0.3) is 0 Å². The Bertz CT molecular complexity index is 916. The molecule has 0 radical (unpaired) electrons. The third-order valence-corrected chi connectivity index (χ3v) is 7.84. The van der Waals surface area contributed by atoms with Gasteiger partial charge in [0.2, 0.25) is 0 Å². The summed E-state index contributed by atoms with van der Waals surface area (Å²) in [5, 5.41) is 5.46. The molecule has 26 heavy (non-hydrogen) atoms. The van der Waals surface area contributed by atoms with Crippen LogP contribution in [0.3, 0.4) is 0 Å². The first-order valence-electron chi connectivity index (χ1n) is 9.20. The summed E-state index contributed by atoms with van der Waals surface area (Å²) in [6.07, 6.45) is 5.04. The highest BCUT2D eigenvalue weighted by Crippen LogP contribution is 2.39. The van der Waals surface area contributed by atoms with Gasteiger partial charge in [-0.05, 0) is 52.9 Å². The number of carbonyl (C=O) groups excluding carboxylic acids is 1. The van der Waals surface area contributed by atoms with Crippen LogP contribution in [0.25, 0.3) is 21.5 Å². The lowest BCUT2D eigenvalue weighted by Crippen LogP contribution is -2.08. The van der Waals surface area contributed by atoms with Gasteiger partial charge >= 0.3 is 5.97 Å². The van der Waals surface area contributed by atoms with Crippen LogP contribution in [0.2, 0.25) is 0 Å². The zero-order chi connectivity index (χ0) is 17.8. The quantitative estimate of drug-likeness (QED) is 0.157. The maximum absolute atomic E-state index is 12.2. The molecule has 4 rings (SSSR count). The summed E-state index contributed by atoms with van der Waals surface area (Å²) in [5.41, 5.74) is 0. The summed E-state index contributed by atoms with van der Waals surface area (Å²) in [6.45, 7) is 0. The van der Waals surface area contributed by atoms with E-state index >= 15 is 0 Å². The van der Waals surface area contributed by atoms with Gasteiger partial charge in [0.1, 0.15) is 5.75 Å². The second-order valence-electron chi connectivity index (χ2n) is 6.72. The van der Waals surface area contributed by atoms with Gasteiger partial charge in [0.05, 0.1) is 0 Å². The molecular formula is C22H22O2S2. The molecule has 134 valence electrons. The third-order valence-electron chi connectivity index (χ3n) is 4.83. The van der Waals surface area contributed by atoms with E-state index in [9.17, 15) is 4.79 Å². The van der Waals surface area contributed by atoms with Crippen molar-refractivity contribution >= 4 is 49.1 Å². The minimum Gasteiger partial charge on any atom is -0.427 e. The van der Waals surface area contributed by atoms with Crippen molar-refractivity contribution in [1.82, 2.24) is 0 Å². The fourth-order valence-electron chi connectivity index (χ4n) is 3.43. The predicted octanol–water partition coefficient (Wildman–Crippen LogP) is 6.61. The van der Waals surface area contributed by atoms with E-state index in [1.807, 2.05) is 51.9 Å². The Hall–Kier alpha value is -1.65. The lowest BCUT2D eigenvalue weighted by atomic mass is 10.0. The van der Waals surface area contributed by atoms with Crippen molar-refractivity contribution in [3.05, 3.63) is 54.6 Å². The maximum atomic E-state index is 12.2. The number of esters is 1. The molecule has 0 bridgehead atoms. The van der Waals surface area contributed by atoms with Crippen molar-refractivity contribution in [1.29, 1.82) is 0 Å². The molecule has 4 heteroatoms. The van der Waals surface area contributed by atoms with Gasteiger partial charge in [-0.25, -0.2) is 0 Å². The summed E-state index contributed by atoms with van der Waals surface area (Å²) < 4.78 is 5.60. The molecule has 1 saturated heterocycles. The van der Waals surface area contributed by atoms with Crippen LogP contribution >= 0.6 is 21.6 Å². The van der Waals surface area contributed by atoms with Gasteiger partial charge in [-0.3, -0.25) is 4.79 Å². The smallest absolute Gasteiger partial charge is 0.311 e. The van der Waals surface area contributed by atoms with E-state index in [4.69, 9.17) is 4.74 Å². The number of rotatable bonds is 6. The van der Waals surface area contributed by atoms with Crippen molar-refractivity contribution in [3.63, 3.8) is 0 Å². The first kappa shape index (κ1) is 17.7. The molecule has 1 aliphatic heterocycles. The topological polar surface area (TPSA) is 26.3 Å². The second kappa shape index (κ2) is 8.36. The lowest BCUT2D eigenvalue weighted by Gasteiger charge is -2.09. The van der Waals surface area contributed by atoms with Gasteiger partial charge in [-0.15, -0.1) is 0 Å². The molecule has 1 heterocycles. The summed E-state index contributed by atoms with van der Waals surface area (Å²) in [6, 6.07) is 18.5. The van der Waals surface area contributed by atoms with Crippen LogP contribution in [0.4, 0.5) is 0 Å². The summed E-state index contributed by atoms with van der Waals surface area (Å²) in [5.74, 6) is 1.79. The Morgan fingerprint density at radius 3 is 2.65 bits per heavy atom. The fraction of sp³-hybridized carbons (Fsp3) is 0.318. The number of benzene rings is 3. The Labute approximate surface area is 162 Å². The first-order chi connectivity index (χ1) is 12.8. The molecule has 3 aromatic carbocycles. The number of hydrogen-bond acceptors (Lipinski definition) is 4. The molecular weight excluding hydrogens is 360 g/mol. The number of ether oxygens (including phenoxy) is 1. The molecule has 0 saturated carbocycles. The van der Waals surface area contributed by atoms with Crippen molar-refractivity contribution in [3.8, 4) is 5.75 Å². The lowest BCUT2D eigenvalue weighted by molar-refractivity contribution is -0.134. The predicted molar refractivity (Wildman–Crippen MR) is 114 cm³/mol. The van der Waals surface area contributed by atoms with Crippen LogP contribution < -0.4 is 4.74 Å². The number of unbranched alkanes of at least 4 members (excludes halogenated alkanes) is 1. The SMILES string of the molecule is O=C(CCCCC1CCSS1)Oc1ccc2ccc3ccccc3c2c1. The first-order valence-corrected chi connectivity index (χ1v) is 11.6. The highest BCUT2D eigenvalue weighted by molar-refractivity contribution is 8.77. The van der Waals surface area contributed by atoms with Crippen molar-refractivity contribution in [2.75, 3.05) is 5.75 Å². The van der Waals surface area contributed by atoms with Crippen LogP contribution in [-0.4, -0.2) is 17.0 Å². The number of hydrogen-bond donors (Lipinski definition) is 0. The van der Waals surface area contributed by atoms with Crippen LogP contribution in [0.1, 0.15) is 32.1 Å². The maximum Gasteiger partial charge on any atom is 0.311 e. The molecule has 1 atom stereocenters. The molecule has 3 aromatic rings. The van der Waals surface area contributed by atoms with Gasteiger partial charge < -0.3 is 4.74 Å². The molecule has 2 nitrogen and oxygen atoms in total. The van der Waals surface area contributed by atoms with E-state index < -0.39 is 0 Å².